The first-order valence-electron chi connectivity index (χ1n) is 12.8. The normalized spacial score (nSPS) is 12.8. The number of benzene rings is 3. The smallest absolute Gasteiger partial charge is 0.254 e. The van der Waals surface area contributed by atoms with Gasteiger partial charge in [-0.05, 0) is 88.1 Å². The van der Waals surface area contributed by atoms with Gasteiger partial charge in [0.15, 0.2) is 11.5 Å². The highest BCUT2D eigenvalue weighted by Gasteiger charge is 2.25. The number of aryl methyl sites for hydroxylation is 1. The highest BCUT2D eigenvalue weighted by atomic mass is 79.9. The van der Waals surface area contributed by atoms with E-state index in [0.717, 1.165) is 57.4 Å². The molecule has 0 fully saturated rings. The van der Waals surface area contributed by atoms with Gasteiger partial charge in [0.2, 0.25) is 0 Å². The van der Waals surface area contributed by atoms with Crippen LogP contribution in [0.4, 0.5) is 5.00 Å². The van der Waals surface area contributed by atoms with Crippen molar-refractivity contribution >= 4 is 56.0 Å². The van der Waals surface area contributed by atoms with E-state index in [0.29, 0.717) is 35.2 Å². The van der Waals surface area contributed by atoms with Gasteiger partial charge in [-0.15, -0.1) is 11.3 Å². The molecule has 0 radical (unpaired) electrons. The largest absolute Gasteiger partial charge is 0.493 e. The van der Waals surface area contributed by atoms with Crippen LogP contribution in [-0.2, 0) is 26.0 Å². The number of methoxy groups -OCH3 is 1. The first kappa shape index (κ1) is 27.4. The lowest BCUT2D eigenvalue weighted by Gasteiger charge is -2.14. The highest BCUT2D eigenvalue weighted by molar-refractivity contribution is 9.10. The number of thiophene rings is 1. The number of nitrogens with zero attached hydrogens (tertiary/aromatic N) is 1. The van der Waals surface area contributed by atoms with E-state index in [1.807, 2.05) is 66.7 Å². The Morgan fingerprint density at radius 2 is 1.85 bits per heavy atom. The van der Waals surface area contributed by atoms with E-state index in [9.17, 15) is 4.79 Å². The summed E-state index contributed by atoms with van der Waals surface area (Å²) in [5.74, 6) is 1.12. The summed E-state index contributed by atoms with van der Waals surface area (Å²) < 4.78 is 12.4. The fourth-order valence-electron chi connectivity index (χ4n) is 4.57. The number of aliphatic imine (C=N–C) groups is 1. The lowest BCUT2D eigenvalue weighted by molar-refractivity contribution is 0.0951. The Morgan fingerprint density at radius 3 is 2.62 bits per heavy atom. The summed E-state index contributed by atoms with van der Waals surface area (Å²) in [5.41, 5.74) is 4.75. The molecule has 1 N–H and O–H groups in total. The van der Waals surface area contributed by atoms with Crippen LogP contribution < -0.4 is 14.8 Å². The lowest BCUT2D eigenvalue weighted by Crippen LogP contribution is -2.24. The van der Waals surface area contributed by atoms with Crippen LogP contribution in [0.5, 0.6) is 11.5 Å². The molecule has 1 aliphatic carbocycles. The van der Waals surface area contributed by atoms with Crippen molar-refractivity contribution in [2.45, 2.75) is 38.8 Å². The van der Waals surface area contributed by atoms with Crippen LogP contribution in [0.25, 0.3) is 0 Å². The summed E-state index contributed by atoms with van der Waals surface area (Å²) in [7, 11) is 1.61. The Hall–Kier alpha value is -3.13. The standard InChI is InChI=1S/C31H28BrClN2O3S/c1-37-26-16-22(15-25(32)29(26)38-19-21-11-13-23(33)14-12-21)18-35-31-28(24-9-5-6-10-27(24)39-31)30(36)34-17-20-7-3-2-4-8-20/h2-4,7-8,11-16,18H,5-6,9-10,17,19H2,1H3,(H,34,36). The van der Waals surface area contributed by atoms with E-state index in [1.165, 1.54) is 4.88 Å². The zero-order valence-corrected chi connectivity index (χ0v) is 24.7. The van der Waals surface area contributed by atoms with E-state index in [2.05, 4.69) is 21.2 Å². The molecular formula is C31H28BrClN2O3S. The Morgan fingerprint density at radius 1 is 1.08 bits per heavy atom. The van der Waals surface area contributed by atoms with Gasteiger partial charge >= 0.3 is 0 Å². The maximum Gasteiger partial charge on any atom is 0.254 e. The van der Waals surface area contributed by atoms with Gasteiger partial charge in [-0.2, -0.15) is 0 Å². The topological polar surface area (TPSA) is 59.9 Å². The summed E-state index contributed by atoms with van der Waals surface area (Å²) in [6, 6.07) is 21.3. The number of halogens is 2. The number of hydrogen-bond acceptors (Lipinski definition) is 5. The lowest BCUT2D eigenvalue weighted by atomic mass is 9.95. The molecule has 3 aromatic carbocycles. The molecule has 1 heterocycles. The minimum absolute atomic E-state index is 0.0740. The van der Waals surface area contributed by atoms with Crippen LogP contribution in [0.3, 0.4) is 0 Å². The second-order valence-corrected chi connectivity index (χ2v) is 11.6. The third-order valence-electron chi connectivity index (χ3n) is 6.55. The molecule has 1 amide bonds. The predicted molar refractivity (Wildman–Crippen MR) is 162 cm³/mol. The van der Waals surface area contributed by atoms with Crippen molar-refractivity contribution in [1.29, 1.82) is 0 Å². The number of fused-ring (bicyclic) bond motifs is 1. The fraction of sp³-hybridized carbons (Fsp3) is 0.226. The number of amides is 1. The molecule has 0 aliphatic heterocycles. The quantitative estimate of drug-likeness (QED) is 0.191. The van der Waals surface area contributed by atoms with Gasteiger partial charge in [0.05, 0.1) is 17.1 Å². The van der Waals surface area contributed by atoms with Crippen LogP contribution in [-0.4, -0.2) is 19.2 Å². The third kappa shape index (κ3) is 6.72. The van der Waals surface area contributed by atoms with Gasteiger partial charge in [-0.3, -0.25) is 4.79 Å². The van der Waals surface area contributed by atoms with Gasteiger partial charge in [-0.1, -0.05) is 54.1 Å². The van der Waals surface area contributed by atoms with Crippen LogP contribution in [0, 0.1) is 0 Å². The molecule has 4 aromatic rings. The zero-order chi connectivity index (χ0) is 27.2. The summed E-state index contributed by atoms with van der Waals surface area (Å²) in [4.78, 5) is 19.4. The molecule has 0 saturated heterocycles. The zero-order valence-electron chi connectivity index (χ0n) is 21.5. The molecule has 0 unspecified atom stereocenters. The summed E-state index contributed by atoms with van der Waals surface area (Å²) in [6.07, 6.45) is 5.92. The van der Waals surface area contributed by atoms with Crippen molar-refractivity contribution in [1.82, 2.24) is 5.32 Å². The van der Waals surface area contributed by atoms with Crippen LogP contribution >= 0.6 is 38.9 Å². The van der Waals surface area contributed by atoms with Gasteiger partial charge < -0.3 is 14.8 Å². The SMILES string of the molecule is COc1cc(C=Nc2sc3c(c2C(=O)NCc2ccccc2)CCCC3)cc(Br)c1OCc1ccc(Cl)cc1. The molecule has 8 heteroatoms. The van der Waals surface area contributed by atoms with Crippen molar-refractivity contribution in [2.24, 2.45) is 4.99 Å². The van der Waals surface area contributed by atoms with Gasteiger partial charge in [0.25, 0.3) is 5.91 Å². The third-order valence-corrected chi connectivity index (χ3v) is 8.60. The van der Waals surface area contributed by atoms with Crippen molar-refractivity contribution in [3.8, 4) is 11.5 Å². The van der Waals surface area contributed by atoms with E-state index < -0.39 is 0 Å². The number of rotatable bonds is 9. The summed E-state index contributed by atoms with van der Waals surface area (Å²) in [6.45, 7) is 0.858. The molecule has 1 aliphatic rings. The van der Waals surface area contributed by atoms with Crippen LogP contribution in [0.1, 0.15) is 50.3 Å². The Labute approximate surface area is 246 Å². The van der Waals surface area contributed by atoms with Crippen molar-refractivity contribution in [3.05, 3.63) is 109 Å². The van der Waals surface area contributed by atoms with E-state index in [-0.39, 0.29) is 5.91 Å². The maximum atomic E-state index is 13.4. The molecule has 39 heavy (non-hydrogen) atoms. The van der Waals surface area contributed by atoms with E-state index >= 15 is 0 Å². The number of ether oxygens (including phenoxy) is 2. The number of hydrogen-bond donors (Lipinski definition) is 1. The average molecular weight is 624 g/mol. The number of carbonyl (C=O) groups excluding carboxylic acids is 1. The van der Waals surface area contributed by atoms with Gasteiger partial charge in [-0.25, -0.2) is 4.99 Å². The van der Waals surface area contributed by atoms with Crippen LogP contribution in [0.15, 0.2) is 76.2 Å². The molecule has 1 aromatic heterocycles. The van der Waals surface area contributed by atoms with Crippen molar-refractivity contribution in [2.75, 3.05) is 7.11 Å². The molecule has 0 bridgehead atoms. The minimum Gasteiger partial charge on any atom is -0.493 e. The number of carbonyl (C=O) groups is 1. The first-order valence-corrected chi connectivity index (χ1v) is 14.8. The predicted octanol–water partition coefficient (Wildman–Crippen LogP) is 8.31. The first-order chi connectivity index (χ1) is 19.0. The summed E-state index contributed by atoms with van der Waals surface area (Å²) in [5, 5.41) is 4.52. The fourth-order valence-corrected chi connectivity index (χ4v) is 6.50. The maximum absolute atomic E-state index is 13.4. The highest BCUT2D eigenvalue weighted by Crippen LogP contribution is 2.41. The molecular weight excluding hydrogens is 596 g/mol. The summed E-state index contributed by atoms with van der Waals surface area (Å²) >= 11 is 11.2. The molecule has 5 nitrogen and oxygen atoms in total. The second kappa shape index (κ2) is 12.8. The molecule has 5 rings (SSSR count). The van der Waals surface area contributed by atoms with Crippen molar-refractivity contribution in [3.63, 3.8) is 0 Å². The monoisotopic (exact) mass is 622 g/mol. The Kier molecular flexibility index (Phi) is 9.02. The second-order valence-electron chi connectivity index (χ2n) is 9.27. The number of nitrogens with one attached hydrogen (secondary N) is 1. The Bertz CT molecular complexity index is 1490. The average Bonchev–Trinajstić information content (AvgIpc) is 3.34. The van der Waals surface area contributed by atoms with E-state index in [1.54, 1.807) is 24.7 Å². The molecule has 0 saturated carbocycles. The minimum atomic E-state index is -0.0740. The molecule has 0 atom stereocenters. The molecule has 200 valence electrons. The van der Waals surface area contributed by atoms with Gasteiger partial charge in [0.1, 0.15) is 11.6 Å². The van der Waals surface area contributed by atoms with Gasteiger partial charge in [0, 0.05) is 22.7 Å². The molecule has 0 spiro atoms. The van der Waals surface area contributed by atoms with E-state index in [4.69, 9.17) is 26.1 Å². The van der Waals surface area contributed by atoms with Crippen molar-refractivity contribution < 1.29 is 14.3 Å². The van der Waals surface area contributed by atoms with Crippen LogP contribution in [0.2, 0.25) is 5.02 Å². The Balaban J connectivity index is 1.37.